The molecule has 0 aliphatic carbocycles. The summed E-state index contributed by atoms with van der Waals surface area (Å²) >= 11 is 0. The van der Waals surface area contributed by atoms with Crippen molar-refractivity contribution >= 4 is 0 Å². The summed E-state index contributed by atoms with van der Waals surface area (Å²) in [4.78, 5) is 0. The van der Waals surface area contributed by atoms with Crippen molar-refractivity contribution in [2.75, 3.05) is 0 Å². The van der Waals surface area contributed by atoms with Gasteiger partial charge in [0.25, 0.3) is 0 Å². The predicted molar refractivity (Wildman–Crippen MR) is 58.3 cm³/mol. The molecule has 0 saturated heterocycles. The highest BCUT2D eigenvalue weighted by molar-refractivity contribution is 4.78. The Morgan fingerprint density at radius 2 is 1.83 bits per heavy atom. The first-order valence-electron chi connectivity index (χ1n) is 5.18. The Labute approximate surface area is 78.0 Å². The highest BCUT2D eigenvalue weighted by Gasteiger charge is 1.97. The Balaban J connectivity index is 0. The number of hydrogen-bond acceptors (Lipinski definition) is 1. The van der Waals surface area contributed by atoms with Gasteiger partial charge in [-0.3, -0.25) is 0 Å². The average Bonchev–Trinajstić information content (AvgIpc) is 2.09. The van der Waals surface area contributed by atoms with Gasteiger partial charge in [-0.25, -0.2) is 0 Å². The summed E-state index contributed by atoms with van der Waals surface area (Å²) in [5.41, 5.74) is 5.79. The SMILES string of the molecule is C/C=C/CCC(N)CCC.CC. The van der Waals surface area contributed by atoms with Crippen molar-refractivity contribution in [1.82, 2.24) is 0 Å². The molecule has 74 valence electrons. The Bertz CT molecular complexity index is 87.0. The van der Waals surface area contributed by atoms with E-state index in [9.17, 15) is 0 Å². The third-order valence-corrected chi connectivity index (χ3v) is 1.60. The molecule has 0 heterocycles. The molecule has 0 radical (unpaired) electrons. The Morgan fingerprint density at radius 1 is 1.25 bits per heavy atom. The van der Waals surface area contributed by atoms with Crippen LogP contribution in [0.3, 0.4) is 0 Å². The molecule has 1 heteroatoms. The second-order valence-corrected chi connectivity index (χ2v) is 2.70. The van der Waals surface area contributed by atoms with Crippen LogP contribution >= 0.6 is 0 Å². The van der Waals surface area contributed by atoms with Gasteiger partial charge in [-0.15, -0.1) is 0 Å². The van der Waals surface area contributed by atoms with E-state index in [2.05, 4.69) is 19.1 Å². The molecule has 0 spiro atoms. The third kappa shape index (κ3) is 12.4. The lowest BCUT2D eigenvalue weighted by atomic mass is 10.1. The topological polar surface area (TPSA) is 26.0 Å². The monoisotopic (exact) mass is 171 g/mol. The van der Waals surface area contributed by atoms with Crippen molar-refractivity contribution in [2.45, 2.75) is 59.4 Å². The molecule has 1 atom stereocenters. The molecule has 0 amide bonds. The van der Waals surface area contributed by atoms with Gasteiger partial charge in [0, 0.05) is 6.04 Å². The van der Waals surface area contributed by atoms with E-state index in [4.69, 9.17) is 5.73 Å². The van der Waals surface area contributed by atoms with Gasteiger partial charge in [0.1, 0.15) is 0 Å². The molecule has 0 aliphatic rings. The molecular formula is C11H25N. The van der Waals surface area contributed by atoms with E-state index in [1.807, 2.05) is 20.8 Å². The van der Waals surface area contributed by atoms with Gasteiger partial charge in [0.15, 0.2) is 0 Å². The van der Waals surface area contributed by atoms with Crippen molar-refractivity contribution in [1.29, 1.82) is 0 Å². The van der Waals surface area contributed by atoms with E-state index in [1.165, 1.54) is 6.42 Å². The maximum Gasteiger partial charge on any atom is 0.00416 e. The van der Waals surface area contributed by atoms with Gasteiger partial charge in [-0.1, -0.05) is 39.3 Å². The minimum atomic E-state index is 0.418. The van der Waals surface area contributed by atoms with Gasteiger partial charge in [-0.05, 0) is 26.2 Å². The molecule has 12 heavy (non-hydrogen) atoms. The van der Waals surface area contributed by atoms with Crippen molar-refractivity contribution in [3.63, 3.8) is 0 Å². The fraction of sp³-hybridized carbons (Fsp3) is 0.818. The van der Waals surface area contributed by atoms with Gasteiger partial charge >= 0.3 is 0 Å². The average molecular weight is 171 g/mol. The van der Waals surface area contributed by atoms with Gasteiger partial charge in [-0.2, -0.15) is 0 Å². The van der Waals surface area contributed by atoms with Crippen LogP contribution in [0.1, 0.15) is 53.4 Å². The molecule has 0 aromatic carbocycles. The molecule has 1 nitrogen and oxygen atoms in total. The van der Waals surface area contributed by atoms with Crippen molar-refractivity contribution in [3.8, 4) is 0 Å². The van der Waals surface area contributed by atoms with Gasteiger partial charge < -0.3 is 5.73 Å². The molecular weight excluding hydrogens is 146 g/mol. The van der Waals surface area contributed by atoms with Gasteiger partial charge in [0.05, 0.1) is 0 Å². The molecule has 0 aliphatic heterocycles. The van der Waals surface area contributed by atoms with Crippen LogP contribution in [0.4, 0.5) is 0 Å². The van der Waals surface area contributed by atoms with Crippen molar-refractivity contribution in [3.05, 3.63) is 12.2 Å². The first kappa shape index (κ1) is 14.2. The third-order valence-electron chi connectivity index (χ3n) is 1.60. The summed E-state index contributed by atoms with van der Waals surface area (Å²) in [5, 5.41) is 0. The zero-order valence-electron chi connectivity index (χ0n) is 9.14. The summed E-state index contributed by atoms with van der Waals surface area (Å²) < 4.78 is 0. The molecule has 0 aromatic heterocycles. The highest BCUT2D eigenvalue weighted by Crippen LogP contribution is 2.01. The predicted octanol–water partition coefficient (Wildman–Crippen LogP) is 3.50. The van der Waals surface area contributed by atoms with Gasteiger partial charge in [0.2, 0.25) is 0 Å². The van der Waals surface area contributed by atoms with Crippen LogP contribution in [0.2, 0.25) is 0 Å². The molecule has 0 bridgehead atoms. The lowest BCUT2D eigenvalue weighted by molar-refractivity contribution is 0.566. The number of nitrogens with two attached hydrogens (primary N) is 1. The van der Waals surface area contributed by atoms with Crippen LogP contribution in [-0.4, -0.2) is 6.04 Å². The Morgan fingerprint density at radius 3 is 2.25 bits per heavy atom. The lowest BCUT2D eigenvalue weighted by Gasteiger charge is -2.06. The van der Waals surface area contributed by atoms with E-state index in [-0.39, 0.29) is 0 Å². The summed E-state index contributed by atoms with van der Waals surface area (Å²) in [7, 11) is 0. The second-order valence-electron chi connectivity index (χ2n) is 2.70. The Kier molecular flexibility index (Phi) is 15.8. The summed E-state index contributed by atoms with van der Waals surface area (Å²) in [6, 6.07) is 0.418. The summed E-state index contributed by atoms with van der Waals surface area (Å²) in [6.07, 6.45) is 8.90. The first-order valence-corrected chi connectivity index (χ1v) is 5.18. The molecule has 1 unspecified atom stereocenters. The maximum atomic E-state index is 5.79. The molecule has 2 N–H and O–H groups in total. The molecule has 0 aromatic rings. The fourth-order valence-corrected chi connectivity index (χ4v) is 0.992. The van der Waals surface area contributed by atoms with Crippen LogP contribution in [0.25, 0.3) is 0 Å². The second kappa shape index (κ2) is 13.3. The maximum absolute atomic E-state index is 5.79. The van der Waals surface area contributed by atoms with E-state index < -0.39 is 0 Å². The Hall–Kier alpha value is -0.300. The van der Waals surface area contributed by atoms with Crippen molar-refractivity contribution in [2.24, 2.45) is 5.73 Å². The van der Waals surface area contributed by atoms with E-state index in [0.717, 1.165) is 19.3 Å². The zero-order valence-corrected chi connectivity index (χ0v) is 9.14. The quantitative estimate of drug-likeness (QED) is 0.629. The van der Waals surface area contributed by atoms with Crippen LogP contribution in [0.5, 0.6) is 0 Å². The van der Waals surface area contributed by atoms with E-state index in [1.54, 1.807) is 0 Å². The lowest BCUT2D eigenvalue weighted by Crippen LogP contribution is -2.18. The minimum absolute atomic E-state index is 0.418. The van der Waals surface area contributed by atoms with Crippen LogP contribution < -0.4 is 5.73 Å². The number of rotatable bonds is 5. The zero-order chi connectivity index (χ0) is 9.82. The van der Waals surface area contributed by atoms with Crippen LogP contribution in [0.15, 0.2) is 12.2 Å². The van der Waals surface area contributed by atoms with E-state index in [0.29, 0.717) is 6.04 Å². The standard InChI is InChI=1S/C9H19N.C2H6/c1-3-5-6-8-9(10)7-4-2;1-2/h3,5,9H,4,6-8,10H2,1-2H3;1-2H3/b5-3+;. The summed E-state index contributed by atoms with van der Waals surface area (Å²) in [5.74, 6) is 0. The molecule has 0 rings (SSSR count). The molecule has 0 saturated carbocycles. The number of hydrogen-bond donors (Lipinski definition) is 1. The highest BCUT2D eigenvalue weighted by atomic mass is 14.6. The minimum Gasteiger partial charge on any atom is -0.328 e. The fourth-order valence-electron chi connectivity index (χ4n) is 0.992. The number of allylic oxidation sites excluding steroid dienone is 2. The summed E-state index contributed by atoms with van der Waals surface area (Å²) in [6.45, 7) is 8.22. The van der Waals surface area contributed by atoms with Crippen LogP contribution in [0, 0.1) is 0 Å². The smallest absolute Gasteiger partial charge is 0.00416 e. The first-order chi connectivity index (χ1) is 5.81. The normalized spacial score (nSPS) is 12.4. The van der Waals surface area contributed by atoms with Crippen molar-refractivity contribution < 1.29 is 0 Å². The van der Waals surface area contributed by atoms with Crippen LogP contribution in [-0.2, 0) is 0 Å². The van der Waals surface area contributed by atoms with E-state index >= 15 is 0 Å². The molecule has 0 fully saturated rings. The largest absolute Gasteiger partial charge is 0.328 e.